The Morgan fingerprint density at radius 2 is 1.89 bits per heavy atom. The highest BCUT2D eigenvalue weighted by atomic mass is 32.2. The molecule has 188 valence electrons. The van der Waals surface area contributed by atoms with E-state index in [-0.39, 0.29) is 10.5 Å². The molecule has 1 aromatic heterocycles. The molecule has 2 aromatic carbocycles. The number of halogens is 1. The predicted octanol–water partition coefficient (Wildman–Crippen LogP) is 4.32. The van der Waals surface area contributed by atoms with Crippen molar-refractivity contribution in [3.05, 3.63) is 77.2 Å². The number of anilines is 1. The van der Waals surface area contributed by atoms with E-state index in [9.17, 15) is 18.8 Å². The van der Waals surface area contributed by atoms with Crippen LogP contribution in [0.2, 0.25) is 0 Å². The van der Waals surface area contributed by atoms with Gasteiger partial charge in [0.15, 0.2) is 0 Å². The number of carbonyl (C=O) groups is 3. The first-order valence-corrected chi connectivity index (χ1v) is 12.4. The minimum absolute atomic E-state index is 0.223. The molecule has 0 bridgehead atoms. The molecule has 1 N–H and O–H groups in total. The lowest BCUT2D eigenvalue weighted by atomic mass is 10.1. The van der Waals surface area contributed by atoms with Crippen LogP contribution in [0.25, 0.3) is 17.3 Å². The second kappa shape index (κ2) is 10.8. The normalized spacial score (nSPS) is 17.1. The number of rotatable bonds is 4. The Morgan fingerprint density at radius 3 is 2.68 bits per heavy atom. The fourth-order valence-electron chi connectivity index (χ4n) is 4.02. The highest BCUT2D eigenvalue weighted by molar-refractivity contribution is 8.18. The molecular formula is C26H22FN5O4S. The fourth-order valence-corrected chi connectivity index (χ4v) is 4.70. The zero-order valence-corrected chi connectivity index (χ0v) is 20.4. The summed E-state index contributed by atoms with van der Waals surface area (Å²) in [7, 11) is 0. The van der Waals surface area contributed by atoms with Crippen molar-refractivity contribution in [3.63, 3.8) is 0 Å². The highest BCUT2D eigenvalue weighted by Gasteiger charge is 2.25. The van der Waals surface area contributed by atoms with Gasteiger partial charge in [-0.05, 0) is 54.1 Å². The molecule has 5 rings (SSSR count). The van der Waals surface area contributed by atoms with Crippen LogP contribution in [0.4, 0.5) is 19.8 Å². The number of amides is 3. The molecule has 3 heterocycles. The minimum Gasteiger partial charge on any atom is -0.410 e. The summed E-state index contributed by atoms with van der Waals surface area (Å²) in [5, 5.41) is 1.76. The number of nitrogens with zero attached hydrogens (tertiary/aromatic N) is 4. The van der Waals surface area contributed by atoms with Crippen molar-refractivity contribution in [1.29, 1.82) is 0 Å². The predicted molar refractivity (Wildman–Crippen MR) is 137 cm³/mol. The standard InChI is InChI=1S/C26H22FN5O4S/c27-20-8-7-17(14-22-24(33)30-25(34)37-22)13-19(20)21-15-28-16-23(29-21)31-9-4-10-32(12-11-31)26(35)36-18-5-2-1-3-6-18/h1-3,5-8,13-16H,4,9-12H2,(H,30,33,34). The molecule has 2 saturated heterocycles. The van der Waals surface area contributed by atoms with Crippen molar-refractivity contribution < 1.29 is 23.5 Å². The SMILES string of the molecule is O=C1NC(=O)C(=Cc2ccc(F)c(-c3cncc(N4CCCN(C(=O)Oc5ccccc5)CC4)n3)c2)S1. The number of hydrogen-bond acceptors (Lipinski definition) is 8. The smallest absolute Gasteiger partial charge is 0.410 e. The maximum atomic E-state index is 14.8. The van der Waals surface area contributed by atoms with Gasteiger partial charge in [0.2, 0.25) is 0 Å². The number of hydrogen-bond donors (Lipinski definition) is 1. The number of nitrogens with one attached hydrogen (secondary N) is 1. The zero-order valence-electron chi connectivity index (χ0n) is 19.6. The van der Waals surface area contributed by atoms with E-state index in [1.165, 1.54) is 24.4 Å². The van der Waals surface area contributed by atoms with Gasteiger partial charge in [-0.2, -0.15) is 0 Å². The van der Waals surface area contributed by atoms with E-state index in [0.29, 0.717) is 55.4 Å². The molecule has 2 aliphatic rings. The molecule has 0 saturated carbocycles. The number of ether oxygens (including phenoxy) is 1. The largest absolute Gasteiger partial charge is 0.415 e. The lowest BCUT2D eigenvalue weighted by Crippen LogP contribution is -2.37. The molecule has 11 heteroatoms. The van der Waals surface area contributed by atoms with Crippen LogP contribution >= 0.6 is 11.8 Å². The van der Waals surface area contributed by atoms with Gasteiger partial charge in [0.1, 0.15) is 17.4 Å². The lowest BCUT2D eigenvalue weighted by molar-refractivity contribution is -0.115. The van der Waals surface area contributed by atoms with Crippen LogP contribution in [0.15, 0.2) is 65.8 Å². The average Bonchev–Trinajstić information content (AvgIpc) is 3.08. The maximum Gasteiger partial charge on any atom is 0.415 e. The molecule has 3 aromatic rings. The van der Waals surface area contributed by atoms with Crippen LogP contribution in [0.1, 0.15) is 12.0 Å². The van der Waals surface area contributed by atoms with Crippen LogP contribution in [0, 0.1) is 5.82 Å². The first-order valence-electron chi connectivity index (χ1n) is 11.6. The minimum atomic E-state index is -0.487. The van der Waals surface area contributed by atoms with Gasteiger partial charge in [-0.1, -0.05) is 24.3 Å². The van der Waals surface area contributed by atoms with Gasteiger partial charge >= 0.3 is 6.09 Å². The molecule has 9 nitrogen and oxygen atoms in total. The Balaban J connectivity index is 1.31. The van der Waals surface area contributed by atoms with E-state index < -0.39 is 23.1 Å². The van der Waals surface area contributed by atoms with Crippen molar-refractivity contribution in [2.45, 2.75) is 6.42 Å². The van der Waals surface area contributed by atoms with E-state index >= 15 is 0 Å². The summed E-state index contributed by atoms with van der Waals surface area (Å²) in [5.41, 5.74) is 1.11. The third kappa shape index (κ3) is 5.78. The first kappa shape index (κ1) is 24.4. The zero-order chi connectivity index (χ0) is 25.8. The highest BCUT2D eigenvalue weighted by Crippen LogP contribution is 2.29. The van der Waals surface area contributed by atoms with E-state index in [1.807, 2.05) is 11.0 Å². The third-order valence-corrected chi connectivity index (χ3v) is 6.67. The molecule has 0 atom stereocenters. The van der Waals surface area contributed by atoms with Crippen LogP contribution in [-0.2, 0) is 4.79 Å². The molecule has 2 fully saturated rings. The van der Waals surface area contributed by atoms with Gasteiger partial charge in [0.05, 0.1) is 23.0 Å². The van der Waals surface area contributed by atoms with Gasteiger partial charge in [-0.15, -0.1) is 0 Å². The van der Waals surface area contributed by atoms with Crippen LogP contribution in [-0.4, -0.2) is 58.3 Å². The molecule has 0 spiro atoms. The second-order valence-corrected chi connectivity index (χ2v) is 9.38. The Morgan fingerprint density at radius 1 is 1.05 bits per heavy atom. The molecular weight excluding hydrogens is 497 g/mol. The molecule has 0 aliphatic carbocycles. The fraction of sp³-hybridized carbons (Fsp3) is 0.192. The number of thioether (sulfide) groups is 1. The summed E-state index contributed by atoms with van der Waals surface area (Å²) in [5.74, 6) is 0.0884. The summed E-state index contributed by atoms with van der Waals surface area (Å²) in [6.07, 6.45) is 4.91. The Labute approximate surface area is 216 Å². The molecule has 0 radical (unpaired) electrons. The van der Waals surface area contributed by atoms with Crippen molar-refractivity contribution in [1.82, 2.24) is 20.2 Å². The van der Waals surface area contributed by atoms with Gasteiger partial charge in [0.25, 0.3) is 11.1 Å². The quantitative estimate of drug-likeness (QED) is 0.509. The lowest BCUT2D eigenvalue weighted by Gasteiger charge is -2.22. The number of imide groups is 1. The number of carbonyl (C=O) groups excluding carboxylic acids is 3. The van der Waals surface area contributed by atoms with E-state index in [2.05, 4.69) is 15.3 Å². The number of benzene rings is 2. The summed E-state index contributed by atoms with van der Waals surface area (Å²) in [4.78, 5) is 48.7. The molecule has 3 amide bonds. The summed E-state index contributed by atoms with van der Waals surface area (Å²) in [6.45, 7) is 2.13. The number of aromatic nitrogens is 2. The van der Waals surface area contributed by atoms with E-state index in [4.69, 9.17) is 4.74 Å². The molecule has 2 aliphatic heterocycles. The summed E-state index contributed by atoms with van der Waals surface area (Å²) >= 11 is 0.796. The van der Waals surface area contributed by atoms with Gasteiger partial charge in [-0.25, -0.2) is 14.2 Å². The monoisotopic (exact) mass is 519 g/mol. The molecule has 0 unspecified atom stereocenters. The third-order valence-electron chi connectivity index (χ3n) is 5.85. The summed E-state index contributed by atoms with van der Waals surface area (Å²) < 4.78 is 20.2. The van der Waals surface area contributed by atoms with E-state index in [0.717, 1.165) is 11.8 Å². The Kier molecular flexibility index (Phi) is 7.13. The second-order valence-electron chi connectivity index (χ2n) is 8.36. The van der Waals surface area contributed by atoms with Gasteiger partial charge < -0.3 is 14.5 Å². The van der Waals surface area contributed by atoms with Crippen LogP contribution in [0.3, 0.4) is 0 Å². The summed E-state index contributed by atoms with van der Waals surface area (Å²) in [6, 6.07) is 13.3. The van der Waals surface area contributed by atoms with Crippen molar-refractivity contribution >= 4 is 40.9 Å². The van der Waals surface area contributed by atoms with Crippen LogP contribution in [0.5, 0.6) is 5.75 Å². The van der Waals surface area contributed by atoms with Crippen molar-refractivity contribution in [2.75, 3.05) is 31.1 Å². The molecule has 37 heavy (non-hydrogen) atoms. The Hall–Kier alpha value is -4.25. The van der Waals surface area contributed by atoms with Gasteiger partial charge in [0, 0.05) is 31.7 Å². The van der Waals surface area contributed by atoms with Gasteiger partial charge in [-0.3, -0.25) is 19.9 Å². The maximum absolute atomic E-state index is 14.8. The number of para-hydroxylation sites is 1. The van der Waals surface area contributed by atoms with Crippen LogP contribution < -0.4 is 15.0 Å². The van der Waals surface area contributed by atoms with Crippen molar-refractivity contribution in [2.24, 2.45) is 0 Å². The topological polar surface area (TPSA) is 105 Å². The van der Waals surface area contributed by atoms with Crippen molar-refractivity contribution in [3.8, 4) is 17.0 Å². The van der Waals surface area contributed by atoms with E-state index in [1.54, 1.807) is 41.4 Å². The first-order chi connectivity index (χ1) is 18.0. The Bertz CT molecular complexity index is 1380. The average molecular weight is 520 g/mol.